The van der Waals surface area contributed by atoms with Crippen molar-refractivity contribution in [2.24, 2.45) is 0 Å². The minimum absolute atomic E-state index is 1.01. The highest BCUT2D eigenvalue weighted by molar-refractivity contribution is 6.15. The fraction of sp³-hybridized carbons (Fsp3) is 0.0400. The molecule has 0 aromatic heterocycles. The summed E-state index contributed by atoms with van der Waals surface area (Å²) in [6.07, 6.45) is 16.6. The van der Waals surface area contributed by atoms with Crippen LogP contribution in [0, 0.1) is 6.92 Å². The number of hydrogen-bond donors (Lipinski definition) is 8. The molecule has 0 bridgehead atoms. The van der Waals surface area contributed by atoms with Gasteiger partial charge in [0.05, 0.1) is 0 Å². The summed E-state index contributed by atoms with van der Waals surface area (Å²) in [6, 6.07) is 49.8. The van der Waals surface area contributed by atoms with Crippen LogP contribution in [0.25, 0.3) is 0 Å². The Bertz CT molecular complexity index is 2570. The molecule has 0 radical (unpaired) electrons. The summed E-state index contributed by atoms with van der Waals surface area (Å²) in [7, 11) is 1.92. The molecule has 6 aromatic rings. The molecule has 6 aromatic carbocycles. The van der Waals surface area contributed by atoms with Gasteiger partial charge in [-0.25, -0.2) is 20.0 Å². The molecular formula is C50H46N8+4. The Morgan fingerprint density at radius 2 is 0.483 bits per heavy atom. The summed E-state index contributed by atoms with van der Waals surface area (Å²) in [4.78, 5) is 13.9. The summed E-state index contributed by atoms with van der Waals surface area (Å²) < 4.78 is 0. The van der Waals surface area contributed by atoms with Crippen molar-refractivity contribution in [3.8, 4) is 0 Å². The van der Waals surface area contributed by atoms with E-state index < -0.39 is 0 Å². The second kappa shape index (κ2) is 17.7. The predicted molar refractivity (Wildman–Crippen MR) is 242 cm³/mol. The zero-order valence-electron chi connectivity index (χ0n) is 32.5. The van der Waals surface area contributed by atoms with Gasteiger partial charge >= 0.3 is 0 Å². The smallest absolute Gasteiger partial charge is 0.204 e. The lowest BCUT2D eigenvalue weighted by Crippen LogP contribution is -2.68. The van der Waals surface area contributed by atoms with Crippen molar-refractivity contribution in [2.75, 3.05) is 28.3 Å². The third-order valence-corrected chi connectivity index (χ3v) is 9.56. The van der Waals surface area contributed by atoms with Gasteiger partial charge in [-0.1, -0.05) is 17.7 Å². The van der Waals surface area contributed by atoms with Crippen LogP contribution >= 0.6 is 0 Å². The first-order chi connectivity index (χ1) is 28.5. The van der Waals surface area contributed by atoms with E-state index in [4.69, 9.17) is 0 Å². The van der Waals surface area contributed by atoms with E-state index in [0.717, 1.165) is 85.4 Å². The SMILES string of the molecule is CNc1ccc([NH+]=C2C=CC(=[NH+]c3ccc(Nc4ccc(Nc5ccc([NH+]=C6C=CC(=[NH+]c7ccc(Nc8ccc(C)cc8)cc7)C=C6)cc5)cc4)cc3)C=C2)cc1. The molecule has 282 valence electrons. The van der Waals surface area contributed by atoms with E-state index in [-0.39, 0.29) is 0 Å². The Morgan fingerprint density at radius 1 is 0.276 bits per heavy atom. The summed E-state index contributed by atoms with van der Waals surface area (Å²) in [5.74, 6) is 0. The molecule has 0 spiro atoms. The fourth-order valence-electron chi connectivity index (χ4n) is 6.35. The van der Waals surface area contributed by atoms with Crippen molar-refractivity contribution in [3.63, 3.8) is 0 Å². The lowest BCUT2D eigenvalue weighted by Gasteiger charge is -2.09. The van der Waals surface area contributed by atoms with Gasteiger partial charge in [0.25, 0.3) is 0 Å². The molecule has 0 saturated carbocycles. The van der Waals surface area contributed by atoms with Crippen LogP contribution in [-0.2, 0) is 0 Å². The second-order valence-corrected chi connectivity index (χ2v) is 14.0. The van der Waals surface area contributed by atoms with Crippen molar-refractivity contribution < 1.29 is 20.0 Å². The van der Waals surface area contributed by atoms with Gasteiger partial charge in [0.15, 0.2) is 0 Å². The van der Waals surface area contributed by atoms with Crippen LogP contribution < -0.4 is 41.2 Å². The van der Waals surface area contributed by atoms with E-state index in [1.165, 1.54) is 5.56 Å². The Labute approximate surface area is 339 Å². The minimum Gasteiger partial charge on any atom is -0.388 e. The van der Waals surface area contributed by atoms with Crippen molar-refractivity contribution in [1.29, 1.82) is 0 Å². The standard InChI is InChI=1S/C50H42N8/c1-35-3-5-37(6-4-35)52-39-11-13-41(14-12-39)54-43-19-21-45(22-20-43)56-47-27-29-49(30-28-47)58-50-33-31-48(32-34-50)57-46-25-23-44(24-26-46)55-42-17-15-40(16-18-42)53-38-9-7-36(51-2)8-10-38/h3-34,51-52,57-58H,1-2H3/p+4. The number of allylic oxidation sites excluding steroid dienone is 8. The van der Waals surface area contributed by atoms with Crippen LogP contribution in [0.3, 0.4) is 0 Å². The van der Waals surface area contributed by atoms with Crippen LogP contribution in [0.4, 0.5) is 62.6 Å². The Morgan fingerprint density at radius 3 is 0.724 bits per heavy atom. The van der Waals surface area contributed by atoms with Gasteiger partial charge in [0.2, 0.25) is 45.6 Å². The highest BCUT2D eigenvalue weighted by Gasteiger charge is 2.12. The number of hydrogen-bond acceptors (Lipinski definition) is 4. The molecular weight excluding hydrogens is 713 g/mol. The van der Waals surface area contributed by atoms with Crippen LogP contribution in [0.1, 0.15) is 5.56 Å². The number of rotatable bonds is 11. The van der Waals surface area contributed by atoms with E-state index in [9.17, 15) is 0 Å². The molecule has 0 saturated heterocycles. The summed E-state index contributed by atoms with van der Waals surface area (Å²) in [6.45, 7) is 2.09. The van der Waals surface area contributed by atoms with E-state index in [1.807, 2.05) is 7.05 Å². The Kier molecular flexibility index (Phi) is 11.4. The summed E-state index contributed by atoms with van der Waals surface area (Å²) in [5, 5.41) is 13.6. The molecule has 0 fully saturated rings. The van der Waals surface area contributed by atoms with Crippen LogP contribution in [0.2, 0.25) is 0 Å². The van der Waals surface area contributed by atoms with Gasteiger partial charge in [0.1, 0.15) is 0 Å². The first-order valence-corrected chi connectivity index (χ1v) is 19.3. The molecule has 8 nitrogen and oxygen atoms in total. The monoisotopic (exact) mass is 758 g/mol. The summed E-state index contributed by atoms with van der Waals surface area (Å²) >= 11 is 0. The summed E-state index contributed by atoms with van der Waals surface area (Å²) in [5.41, 5.74) is 16.7. The van der Waals surface area contributed by atoms with E-state index in [0.29, 0.717) is 0 Å². The maximum Gasteiger partial charge on any atom is 0.204 e. The van der Waals surface area contributed by atoms with Gasteiger partial charge in [-0.15, -0.1) is 0 Å². The third kappa shape index (κ3) is 10.3. The first-order valence-electron chi connectivity index (χ1n) is 19.3. The van der Waals surface area contributed by atoms with Crippen molar-refractivity contribution in [2.45, 2.75) is 6.92 Å². The highest BCUT2D eigenvalue weighted by atomic mass is 14.9. The highest BCUT2D eigenvalue weighted by Crippen LogP contribution is 2.23. The quantitative estimate of drug-likeness (QED) is 0.0834. The molecule has 0 amide bonds. The molecule has 2 aliphatic rings. The topological polar surface area (TPSA) is 104 Å². The second-order valence-electron chi connectivity index (χ2n) is 14.0. The molecule has 0 unspecified atom stereocenters. The van der Waals surface area contributed by atoms with Gasteiger partial charge in [-0.2, -0.15) is 0 Å². The van der Waals surface area contributed by atoms with Crippen LogP contribution in [-0.4, -0.2) is 29.9 Å². The molecule has 0 heterocycles. The molecule has 0 aliphatic heterocycles. The van der Waals surface area contributed by atoms with Gasteiger partial charge in [0, 0.05) is 144 Å². The number of benzene rings is 6. The Hall–Kier alpha value is -7.84. The number of aryl methyl sites for hydroxylation is 1. The average molecular weight is 759 g/mol. The predicted octanol–water partition coefficient (Wildman–Crippen LogP) is 5.53. The molecule has 8 rings (SSSR count). The maximum absolute atomic E-state index is 3.50. The van der Waals surface area contributed by atoms with Crippen LogP contribution in [0.5, 0.6) is 0 Å². The van der Waals surface area contributed by atoms with Gasteiger partial charge < -0.3 is 21.3 Å². The first kappa shape index (κ1) is 37.1. The fourth-order valence-corrected chi connectivity index (χ4v) is 6.35. The maximum atomic E-state index is 3.50. The van der Waals surface area contributed by atoms with Crippen LogP contribution in [0.15, 0.2) is 194 Å². The Balaban J connectivity index is 0.798. The molecule has 8 N–H and O–H groups in total. The lowest BCUT2D eigenvalue weighted by atomic mass is 10.1. The van der Waals surface area contributed by atoms with Gasteiger partial charge in [-0.05, 0) is 91.9 Å². The molecule has 58 heavy (non-hydrogen) atoms. The van der Waals surface area contributed by atoms with E-state index in [1.54, 1.807) is 0 Å². The van der Waals surface area contributed by atoms with Gasteiger partial charge in [-0.3, -0.25) is 0 Å². The van der Waals surface area contributed by atoms with Crippen molar-refractivity contribution >= 4 is 85.4 Å². The third-order valence-electron chi connectivity index (χ3n) is 9.56. The van der Waals surface area contributed by atoms with E-state index >= 15 is 0 Å². The number of nitrogens with one attached hydrogen (secondary N) is 8. The van der Waals surface area contributed by atoms with E-state index in [2.05, 4.69) is 242 Å². The van der Waals surface area contributed by atoms with Crippen molar-refractivity contribution in [3.05, 3.63) is 200 Å². The van der Waals surface area contributed by atoms with Crippen molar-refractivity contribution in [1.82, 2.24) is 0 Å². The lowest BCUT2D eigenvalue weighted by molar-refractivity contribution is -0.353. The molecule has 2 aliphatic carbocycles. The zero-order chi connectivity index (χ0) is 39.5. The number of anilines is 7. The average Bonchev–Trinajstić information content (AvgIpc) is 3.26. The molecule has 8 heteroatoms. The zero-order valence-corrected chi connectivity index (χ0v) is 32.5. The minimum atomic E-state index is 1.01. The largest absolute Gasteiger partial charge is 0.388 e. The normalized spacial score (nSPS) is 12.9. The molecule has 0 atom stereocenters.